The van der Waals surface area contributed by atoms with Crippen LogP contribution in [0.1, 0.15) is 0 Å². The van der Waals surface area contributed by atoms with E-state index in [2.05, 4.69) is 77.0 Å². The molecule has 2 rings (SSSR count). The van der Waals surface area contributed by atoms with Crippen molar-refractivity contribution in [2.24, 2.45) is 0 Å². The predicted octanol–water partition coefficient (Wildman–Crippen LogP) is 6.11. The Morgan fingerprint density at radius 1 is 0.750 bits per heavy atom. The van der Waals surface area contributed by atoms with E-state index in [1.54, 1.807) is 14.2 Å². The molecular weight excluding hydrogens is 614 g/mol. The zero-order chi connectivity index (χ0) is 14.9. The molecule has 0 N–H and O–H groups in total. The van der Waals surface area contributed by atoms with Gasteiger partial charge in [-0.1, -0.05) is 0 Å². The van der Waals surface area contributed by atoms with E-state index in [0.29, 0.717) is 0 Å². The molecule has 0 unspecified atom stereocenters. The lowest BCUT2D eigenvalue weighted by Gasteiger charge is -2.14. The lowest BCUT2D eigenvalue weighted by molar-refractivity contribution is 0.414. The molecule has 0 spiro atoms. The van der Waals surface area contributed by atoms with Gasteiger partial charge in [0.2, 0.25) is 0 Å². The quantitative estimate of drug-likeness (QED) is 0.385. The fourth-order valence-electron chi connectivity index (χ4n) is 1.76. The van der Waals surface area contributed by atoms with Gasteiger partial charge in [-0.15, -0.1) is 0 Å². The summed E-state index contributed by atoms with van der Waals surface area (Å²) in [5.74, 6) is 1.64. The Balaban J connectivity index is 2.73. The highest BCUT2D eigenvalue weighted by molar-refractivity contribution is 14.1. The predicted molar refractivity (Wildman–Crippen MR) is 106 cm³/mol. The zero-order valence-electron chi connectivity index (χ0n) is 10.6. The van der Waals surface area contributed by atoms with Crippen LogP contribution in [0, 0.1) is 7.14 Å². The third-order valence-electron chi connectivity index (χ3n) is 2.77. The minimum absolute atomic E-state index is 0.821. The maximum atomic E-state index is 5.36. The summed E-state index contributed by atoms with van der Waals surface area (Å²) in [5, 5.41) is 0. The van der Waals surface area contributed by atoms with Gasteiger partial charge in [0.15, 0.2) is 0 Å². The second-order valence-corrected chi connectivity index (χ2v) is 7.81. The summed E-state index contributed by atoms with van der Waals surface area (Å²) in [5.41, 5.74) is 2.22. The number of methoxy groups -OCH3 is 2. The third-order valence-corrected chi connectivity index (χ3v) is 7.82. The van der Waals surface area contributed by atoms with Crippen LogP contribution in [-0.2, 0) is 0 Å². The van der Waals surface area contributed by atoms with E-state index in [9.17, 15) is 0 Å². The molecule has 2 aromatic rings. The van der Waals surface area contributed by atoms with Crippen LogP contribution in [0.25, 0.3) is 11.1 Å². The Labute approximate surface area is 162 Å². The molecule has 2 nitrogen and oxygen atoms in total. The van der Waals surface area contributed by atoms with Gasteiger partial charge in [0.05, 0.1) is 14.2 Å². The smallest absolute Gasteiger partial charge is 0.120 e. The van der Waals surface area contributed by atoms with Crippen molar-refractivity contribution in [2.75, 3.05) is 14.2 Å². The van der Waals surface area contributed by atoms with E-state index in [1.165, 1.54) is 0 Å². The number of benzene rings is 2. The van der Waals surface area contributed by atoms with Gasteiger partial charge in [-0.05, 0) is 101 Å². The Morgan fingerprint density at radius 3 is 1.40 bits per heavy atom. The van der Waals surface area contributed by atoms with E-state index in [0.717, 1.165) is 38.7 Å². The number of halogens is 4. The maximum absolute atomic E-state index is 5.36. The SMILES string of the molecule is COc1cc(Br)c(I)c(-c2cc(OC)cc(Br)c2I)c1. The average Bonchev–Trinajstić information content (AvgIpc) is 2.44. The molecule has 0 bridgehead atoms. The number of hydrogen-bond acceptors (Lipinski definition) is 2. The lowest BCUT2D eigenvalue weighted by Crippen LogP contribution is -1.93. The summed E-state index contributed by atoms with van der Waals surface area (Å²) in [6, 6.07) is 8.01. The average molecular weight is 624 g/mol. The molecule has 0 amide bonds. The van der Waals surface area contributed by atoms with Gasteiger partial charge in [0.25, 0.3) is 0 Å². The lowest BCUT2D eigenvalue weighted by atomic mass is 10.1. The Hall–Kier alpha value is 0.460. The van der Waals surface area contributed by atoms with Crippen LogP contribution < -0.4 is 9.47 Å². The molecule has 20 heavy (non-hydrogen) atoms. The molecule has 0 aliphatic heterocycles. The van der Waals surface area contributed by atoms with Crippen LogP contribution in [0.3, 0.4) is 0 Å². The normalized spacial score (nSPS) is 10.5. The van der Waals surface area contributed by atoms with E-state index in [-0.39, 0.29) is 0 Å². The largest absolute Gasteiger partial charge is 0.497 e. The molecule has 0 aliphatic rings. The Morgan fingerprint density at radius 2 is 1.10 bits per heavy atom. The zero-order valence-corrected chi connectivity index (χ0v) is 18.1. The maximum Gasteiger partial charge on any atom is 0.120 e. The second-order valence-electron chi connectivity index (χ2n) is 3.94. The van der Waals surface area contributed by atoms with Crippen molar-refractivity contribution in [2.45, 2.75) is 0 Å². The van der Waals surface area contributed by atoms with Crippen LogP contribution in [0.4, 0.5) is 0 Å². The molecular formula is C14H10Br2I2O2. The number of ether oxygens (including phenoxy) is 2. The first-order valence-corrected chi connectivity index (χ1v) is 9.28. The van der Waals surface area contributed by atoms with Crippen LogP contribution in [0.5, 0.6) is 11.5 Å². The van der Waals surface area contributed by atoms with Crippen molar-refractivity contribution in [1.82, 2.24) is 0 Å². The highest BCUT2D eigenvalue weighted by atomic mass is 127. The van der Waals surface area contributed by atoms with Gasteiger partial charge in [0, 0.05) is 27.2 Å². The molecule has 0 aromatic heterocycles. The van der Waals surface area contributed by atoms with Gasteiger partial charge in [-0.3, -0.25) is 0 Å². The number of rotatable bonds is 3. The molecule has 6 heteroatoms. The highest BCUT2D eigenvalue weighted by Crippen LogP contribution is 2.40. The monoisotopic (exact) mass is 622 g/mol. The fraction of sp³-hybridized carbons (Fsp3) is 0.143. The van der Waals surface area contributed by atoms with Gasteiger partial charge < -0.3 is 9.47 Å². The summed E-state index contributed by atoms with van der Waals surface area (Å²) in [4.78, 5) is 0. The highest BCUT2D eigenvalue weighted by Gasteiger charge is 2.15. The number of hydrogen-bond donors (Lipinski definition) is 0. The van der Waals surface area contributed by atoms with Crippen molar-refractivity contribution < 1.29 is 9.47 Å². The van der Waals surface area contributed by atoms with E-state index < -0.39 is 0 Å². The van der Waals surface area contributed by atoms with Crippen molar-refractivity contribution in [3.63, 3.8) is 0 Å². The Kier molecular flexibility index (Phi) is 6.01. The summed E-state index contributed by atoms with van der Waals surface area (Å²) >= 11 is 11.8. The van der Waals surface area contributed by atoms with Crippen LogP contribution in [0.2, 0.25) is 0 Å². The van der Waals surface area contributed by atoms with Crippen molar-refractivity contribution in [1.29, 1.82) is 0 Å². The molecule has 0 fully saturated rings. The van der Waals surface area contributed by atoms with E-state index in [4.69, 9.17) is 9.47 Å². The van der Waals surface area contributed by atoms with E-state index in [1.807, 2.05) is 24.3 Å². The first kappa shape index (κ1) is 16.8. The van der Waals surface area contributed by atoms with Crippen molar-refractivity contribution in [3.05, 3.63) is 40.4 Å². The van der Waals surface area contributed by atoms with Crippen molar-refractivity contribution >= 4 is 77.0 Å². The summed E-state index contributed by atoms with van der Waals surface area (Å²) in [6.07, 6.45) is 0. The first-order valence-electron chi connectivity index (χ1n) is 5.54. The van der Waals surface area contributed by atoms with Crippen molar-refractivity contribution in [3.8, 4) is 22.6 Å². The molecule has 0 aliphatic carbocycles. The summed E-state index contributed by atoms with van der Waals surface area (Å²) in [6.45, 7) is 0. The molecule has 0 saturated carbocycles. The molecule has 0 heterocycles. The van der Waals surface area contributed by atoms with Gasteiger partial charge >= 0.3 is 0 Å². The van der Waals surface area contributed by atoms with E-state index >= 15 is 0 Å². The molecule has 2 aromatic carbocycles. The first-order chi connectivity index (χ1) is 9.47. The topological polar surface area (TPSA) is 18.5 Å². The Bertz CT molecular complexity index is 603. The molecule has 0 radical (unpaired) electrons. The molecule has 106 valence electrons. The second kappa shape index (κ2) is 7.15. The molecule has 0 saturated heterocycles. The van der Waals surface area contributed by atoms with Gasteiger partial charge in [-0.2, -0.15) is 0 Å². The van der Waals surface area contributed by atoms with Gasteiger partial charge in [0.1, 0.15) is 11.5 Å². The third kappa shape index (κ3) is 3.44. The molecule has 0 atom stereocenters. The van der Waals surface area contributed by atoms with Gasteiger partial charge in [-0.25, -0.2) is 0 Å². The minimum Gasteiger partial charge on any atom is -0.497 e. The van der Waals surface area contributed by atoms with Crippen LogP contribution >= 0.6 is 77.0 Å². The fourth-order valence-corrected chi connectivity index (χ4v) is 3.84. The minimum atomic E-state index is 0.821. The summed E-state index contributed by atoms with van der Waals surface area (Å²) < 4.78 is 15.0. The van der Waals surface area contributed by atoms with Crippen LogP contribution in [-0.4, -0.2) is 14.2 Å². The standard InChI is InChI=1S/C14H10Br2I2O2/c1-19-7-3-9(13(17)11(15)5-7)10-4-8(20-2)6-12(16)14(10)18/h3-6H,1-2H3. The summed E-state index contributed by atoms with van der Waals surface area (Å²) in [7, 11) is 3.34. The van der Waals surface area contributed by atoms with Crippen LogP contribution in [0.15, 0.2) is 33.2 Å².